The van der Waals surface area contributed by atoms with Gasteiger partial charge in [0, 0.05) is 0 Å². The van der Waals surface area contributed by atoms with Crippen LogP contribution in [0.1, 0.15) is 0 Å². The van der Waals surface area contributed by atoms with Crippen LogP contribution in [0, 0.1) is 0 Å². The minimum absolute atomic E-state index is 2.00. The van der Waals surface area contributed by atoms with Crippen molar-refractivity contribution in [3.8, 4) is 0 Å². The fraction of sp³-hybridized carbons (Fsp3) is 0. The first-order valence-electron chi connectivity index (χ1n) is 0.996. The van der Waals surface area contributed by atoms with Gasteiger partial charge in [-0.15, -0.1) is 5.73 Å². The van der Waals surface area contributed by atoms with Crippen molar-refractivity contribution >= 4 is 6.79 Å². The first-order chi connectivity index (χ1) is 2.41. The monoisotopic (exact) mass is 70.0 g/mol. The lowest BCUT2D eigenvalue weighted by Gasteiger charge is -1.10. The highest BCUT2D eigenvalue weighted by Crippen LogP contribution is 1.16. The molecule has 1 nitrogen and oxygen atoms in total. The maximum atomic E-state index is 8.00. The van der Waals surface area contributed by atoms with E-state index in [2.05, 4.69) is 18.9 Å². The summed E-state index contributed by atoms with van der Waals surface area (Å²) in [5.74, 6) is 0. The molecule has 0 aliphatic rings. The Kier molecular flexibility index (Phi) is 754. The van der Waals surface area contributed by atoms with Gasteiger partial charge < -0.3 is 4.79 Å². The summed E-state index contributed by atoms with van der Waals surface area (Å²) in [6.45, 7) is 8.25. The van der Waals surface area contributed by atoms with Gasteiger partial charge in [0.25, 0.3) is 0 Å². The van der Waals surface area contributed by atoms with E-state index < -0.39 is 0 Å². The molecular weight excluding hydrogens is 64.0 g/mol. The van der Waals surface area contributed by atoms with Crippen molar-refractivity contribution in [2.75, 3.05) is 0 Å². The third kappa shape index (κ3) is 6.89. The minimum atomic E-state index is 2.00. The maximum absolute atomic E-state index is 8.00. The predicted octanol–water partition coefficient (Wildman–Crippen LogP) is 0.772. The van der Waals surface area contributed by atoms with E-state index in [0.29, 0.717) is 0 Å². The number of rotatable bonds is 0. The molecule has 0 atom stereocenters. The summed E-state index contributed by atoms with van der Waals surface area (Å²) in [7, 11) is 0. The molecule has 0 radical (unpaired) electrons. The summed E-state index contributed by atoms with van der Waals surface area (Å²) < 4.78 is 0. The summed E-state index contributed by atoms with van der Waals surface area (Å²) in [6, 6.07) is 0. The van der Waals surface area contributed by atoms with Crippen molar-refractivity contribution in [2.45, 2.75) is 0 Å². The third-order valence-corrected chi connectivity index (χ3v) is 0. The highest BCUT2D eigenvalue weighted by atomic mass is 16.1. The molecule has 0 aromatic heterocycles. The number of carbonyl (C=O) groups is 1. The SMILES string of the molecule is C=C=C.C=O. The van der Waals surface area contributed by atoms with Gasteiger partial charge in [0.1, 0.15) is 6.79 Å². The largest absolute Gasteiger partial charge is 0.307 e. The smallest absolute Gasteiger partial charge is 0.106 e. The van der Waals surface area contributed by atoms with Crippen LogP contribution < -0.4 is 0 Å². The Morgan fingerprint density at radius 1 is 1.20 bits per heavy atom. The van der Waals surface area contributed by atoms with Crippen LogP contribution in [0.3, 0.4) is 0 Å². The molecular formula is C4H6O. The fourth-order valence-electron chi connectivity index (χ4n) is 0. The Morgan fingerprint density at radius 3 is 1.20 bits per heavy atom. The first kappa shape index (κ1) is 8.89. The molecule has 0 saturated carbocycles. The zero-order valence-corrected chi connectivity index (χ0v) is 3.03. The quantitative estimate of drug-likeness (QED) is 0.385. The molecule has 5 heavy (non-hydrogen) atoms. The lowest BCUT2D eigenvalue weighted by atomic mass is 11.0. The zero-order valence-electron chi connectivity index (χ0n) is 3.03. The topological polar surface area (TPSA) is 17.1 Å². The minimum Gasteiger partial charge on any atom is -0.307 e. The molecule has 0 rings (SSSR count). The van der Waals surface area contributed by atoms with Crippen molar-refractivity contribution in [3.63, 3.8) is 0 Å². The van der Waals surface area contributed by atoms with Gasteiger partial charge in [-0.2, -0.15) is 0 Å². The molecule has 0 saturated heterocycles. The number of carbonyl (C=O) groups excluding carboxylic acids is 1. The van der Waals surface area contributed by atoms with E-state index in [1.54, 1.807) is 0 Å². The molecule has 1 heteroatoms. The second-order valence-electron chi connectivity index (χ2n) is 0.250. The van der Waals surface area contributed by atoms with Crippen LogP contribution in [0.15, 0.2) is 18.9 Å². The van der Waals surface area contributed by atoms with Gasteiger partial charge >= 0.3 is 0 Å². The summed E-state index contributed by atoms with van der Waals surface area (Å²) in [5.41, 5.74) is 2.25. The van der Waals surface area contributed by atoms with E-state index in [9.17, 15) is 0 Å². The van der Waals surface area contributed by atoms with Gasteiger partial charge in [0.2, 0.25) is 0 Å². The zero-order chi connectivity index (χ0) is 4.71. The van der Waals surface area contributed by atoms with Crippen molar-refractivity contribution < 1.29 is 4.79 Å². The Bertz CT molecular complexity index is 32.9. The van der Waals surface area contributed by atoms with Gasteiger partial charge in [-0.05, 0) is 0 Å². The molecule has 0 amide bonds. The Balaban J connectivity index is 0. The molecule has 28 valence electrons. The van der Waals surface area contributed by atoms with Gasteiger partial charge in [0.05, 0.1) is 0 Å². The molecule has 0 heterocycles. The second kappa shape index (κ2) is 424. The molecule has 0 aromatic rings. The van der Waals surface area contributed by atoms with Gasteiger partial charge in [-0.3, -0.25) is 0 Å². The van der Waals surface area contributed by atoms with Crippen LogP contribution in [-0.4, -0.2) is 6.79 Å². The lowest BCUT2D eigenvalue weighted by molar-refractivity contribution is -0.0979. The number of hydrogen-bond acceptors (Lipinski definition) is 1. The second-order valence-corrected chi connectivity index (χ2v) is 0.250. The molecule has 0 spiro atoms. The van der Waals surface area contributed by atoms with Crippen LogP contribution >= 0.6 is 0 Å². The van der Waals surface area contributed by atoms with Crippen LogP contribution in [0.5, 0.6) is 0 Å². The van der Waals surface area contributed by atoms with Crippen LogP contribution in [-0.2, 0) is 4.79 Å². The summed E-state index contributed by atoms with van der Waals surface area (Å²) >= 11 is 0. The summed E-state index contributed by atoms with van der Waals surface area (Å²) in [5, 5.41) is 0. The van der Waals surface area contributed by atoms with Gasteiger partial charge in [-0.25, -0.2) is 0 Å². The van der Waals surface area contributed by atoms with Crippen molar-refractivity contribution in [2.24, 2.45) is 0 Å². The Hall–Kier alpha value is -0.810. The molecule has 0 bridgehead atoms. The standard InChI is InChI=1S/C3H4.CH2O/c1-3-2;1-2/h1-2H2;1H2. The maximum Gasteiger partial charge on any atom is 0.106 e. The van der Waals surface area contributed by atoms with E-state index in [0.717, 1.165) is 0 Å². The number of hydrogen-bond donors (Lipinski definition) is 0. The summed E-state index contributed by atoms with van der Waals surface area (Å²) in [6.07, 6.45) is 0. The lowest BCUT2D eigenvalue weighted by Crippen LogP contribution is -0.925. The van der Waals surface area contributed by atoms with Gasteiger partial charge in [0.15, 0.2) is 0 Å². The molecule has 0 unspecified atom stereocenters. The molecule has 0 aromatic carbocycles. The van der Waals surface area contributed by atoms with E-state index in [-0.39, 0.29) is 0 Å². The van der Waals surface area contributed by atoms with E-state index >= 15 is 0 Å². The van der Waals surface area contributed by atoms with Crippen LogP contribution in [0.2, 0.25) is 0 Å². The molecule has 0 N–H and O–H groups in total. The van der Waals surface area contributed by atoms with Crippen molar-refractivity contribution in [1.82, 2.24) is 0 Å². The summed E-state index contributed by atoms with van der Waals surface area (Å²) in [4.78, 5) is 8.00. The first-order valence-corrected chi connectivity index (χ1v) is 0.996. The van der Waals surface area contributed by atoms with E-state index in [1.807, 2.05) is 6.79 Å². The van der Waals surface area contributed by atoms with Crippen LogP contribution in [0.4, 0.5) is 0 Å². The highest BCUT2D eigenvalue weighted by Gasteiger charge is 0.904. The average Bonchev–Trinajstić information content (AvgIpc) is 1.46. The Labute approximate surface area is 31.6 Å². The third-order valence-electron chi connectivity index (χ3n) is 0. The van der Waals surface area contributed by atoms with Crippen molar-refractivity contribution in [1.29, 1.82) is 0 Å². The molecule has 0 aliphatic carbocycles. The molecule has 0 fully saturated rings. The van der Waals surface area contributed by atoms with E-state index in [1.165, 1.54) is 0 Å². The average molecular weight is 70.1 g/mol. The van der Waals surface area contributed by atoms with E-state index in [4.69, 9.17) is 4.79 Å². The fourth-order valence-corrected chi connectivity index (χ4v) is 0. The Morgan fingerprint density at radius 2 is 1.20 bits per heavy atom. The van der Waals surface area contributed by atoms with Crippen molar-refractivity contribution in [3.05, 3.63) is 18.9 Å². The molecule has 0 aliphatic heterocycles. The highest BCUT2D eigenvalue weighted by molar-refractivity contribution is 5.10. The van der Waals surface area contributed by atoms with Crippen LogP contribution in [0.25, 0.3) is 0 Å². The predicted molar refractivity (Wildman–Crippen MR) is 21.9 cm³/mol. The normalized spacial score (nSPS) is 2.40. The van der Waals surface area contributed by atoms with Gasteiger partial charge in [-0.1, -0.05) is 13.2 Å².